The summed E-state index contributed by atoms with van der Waals surface area (Å²) in [6.07, 6.45) is -5.06. The number of benzene rings is 3. The van der Waals surface area contributed by atoms with Crippen LogP contribution in [-0.2, 0) is 22.9 Å². The van der Waals surface area contributed by atoms with E-state index in [1.54, 1.807) is 31.2 Å². The second kappa shape index (κ2) is 12.1. The predicted octanol–water partition coefficient (Wildman–Crippen LogP) is 7.57. The van der Waals surface area contributed by atoms with Gasteiger partial charge < -0.3 is 18.6 Å². The molecule has 10 heteroatoms. The maximum Gasteiger partial charge on any atom is 0.453 e. The van der Waals surface area contributed by atoms with Crippen molar-refractivity contribution in [1.82, 2.24) is 4.90 Å². The average molecular weight is 610 g/mol. The Morgan fingerprint density at radius 1 is 0.932 bits per heavy atom. The first-order valence-electron chi connectivity index (χ1n) is 14.3. The molecule has 3 aromatic carbocycles. The molecule has 0 saturated carbocycles. The first-order chi connectivity index (χ1) is 20.7. The molecule has 4 aromatic rings. The number of aryl methyl sites for hydroxylation is 2. The summed E-state index contributed by atoms with van der Waals surface area (Å²) >= 11 is 0. The highest BCUT2D eigenvalue weighted by Gasteiger charge is 2.41. The van der Waals surface area contributed by atoms with Gasteiger partial charge in [-0.3, -0.25) is 9.69 Å². The molecule has 0 spiro atoms. The van der Waals surface area contributed by atoms with Crippen molar-refractivity contribution in [3.8, 4) is 17.2 Å². The number of morpholine rings is 1. The second-order valence-electron chi connectivity index (χ2n) is 12.0. The van der Waals surface area contributed by atoms with Gasteiger partial charge in [0.1, 0.15) is 17.1 Å². The van der Waals surface area contributed by atoms with Crippen LogP contribution < -0.4 is 14.9 Å². The zero-order valence-electron chi connectivity index (χ0n) is 25.3. The van der Waals surface area contributed by atoms with Gasteiger partial charge in [0.25, 0.3) is 5.76 Å². The summed E-state index contributed by atoms with van der Waals surface area (Å²) < 4.78 is 65.5. The molecular weight excluding hydrogens is 575 g/mol. The summed E-state index contributed by atoms with van der Waals surface area (Å²) in [4.78, 5) is 28.8. The van der Waals surface area contributed by atoms with Crippen molar-refractivity contribution in [3.05, 3.63) is 98.4 Å². The molecule has 5 rings (SSSR count). The number of carbonyl (C=O) groups excluding carboxylic acids is 1. The largest absolute Gasteiger partial charge is 0.453 e. The molecule has 1 aromatic heterocycles. The van der Waals surface area contributed by atoms with E-state index in [4.69, 9.17) is 18.6 Å². The maximum atomic E-state index is 14.4. The van der Waals surface area contributed by atoms with E-state index >= 15 is 0 Å². The zero-order valence-corrected chi connectivity index (χ0v) is 25.3. The number of rotatable bonds is 6. The first-order valence-corrected chi connectivity index (χ1v) is 14.3. The van der Waals surface area contributed by atoms with Gasteiger partial charge >= 0.3 is 12.1 Å². The Balaban J connectivity index is 1.62. The lowest BCUT2D eigenvalue weighted by molar-refractivity contribution is -0.154. The number of nitrogens with zero attached hydrogens (tertiary/aromatic N) is 1. The number of ether oxygens (including phenoxy) is 3. The number of fused-ring (bicyclic) bond motifs is 1. The molecule has 1 fully saturated rings. The molecule has 7 nitrogen and oxygen atoms in total. The van der Waals surface area contributed by atoms with Crippen molar-refractivity contribution in [2.24, 2.45) is 0 Å². The van der Waals surface area contributed by atoms with E-state index in [1.807, 2.05) is 24.0 Å². The lowest BCUT2D eigenvalue weighted by Crippen LogP contribution is -2.36. The standard InChI is InChI=1S/C34H34F3NO6/c1-20-6-11-24(18-21(20)2)42-30-28(39)25-12-13-27(43-32(40)22-7-9-23(10-8-22)33(3,4)5)26(19-38-14-16-41-17-15-38)29(25)44-31(30)34(35,36)37/h6-13,18H,14-17,19H2,1-5H3. The lowest BCUT2D eigenvalue weighted by Gasteiger charge is -2.27. The van der Waals surface area contributed by atoms with Gasteiger partial charge in [-0.25, -0.2) is 4.79 Å². The number of hydrogen-bond acceptors (Lipinski definition) is 7. The molecule has 0 amide bonds. The quantitative estimate of drug-likeness (QED) is 0.165. The highest BCUT2D eigenvalue weighted by atomic mass is 19.4. The molecule has 44 heavy (non-hydrogen) atoms. The monoisotopic (exact) mass is 609 g/mol. The maximum absolute atomic E-state index is 14.4. The van der Waals surface area contributed by atoms with Crippen LogP contribution in [0.1, 0.15) is 59.1 Å². The fraction of sp³-hybridized carbons (Fsp3) is 0.353. The number of carbonyl (C=O) groups is 1. The van der Waals surface area contributed by atoms with Gasteiger partial charge in [0.05, 0.1) is 29.7 Å². The van der Waals surface area contributed by atoms with Gasteiger partial charge in [0, 0.05) is 19.6 Å². The van der Waals surface area contributed by atoms with Crippen LogP contribution in [0.15, 0.2) is 63.8 Å². The van der Waals surface area contributed by atoms with E-state index < -0.39 is 29.1 Å². The van der Waals surface area contributed by atoms with Crippen molar-refractivity contribution in [3.63, 3.8) is 0 Å². The summed E-state index contributed by atoms with van der Waals surface area (Å²) in [6.45, 7) is 11.7. The van der Waals surface area contributed by atoms with Crippen LogP contribution in [0.3, 0.4) is 0 Å². The fourth-order valence-corrected chi connectivity index (χ4v) is 4.95. The third kappa shape index (κ3) is 6.66. The van der Waals surface area contributed by atoms with Crippen LogP contribution >= 0.6 is 0 Å². The number of hydrogen-bond donors (Lipinski definition) is 0. The Bertz CT molecular complexity index is 1750. The summed E-state index contributed by atoms with van der Waals surface area (Å²) in [5.74, 6) is -3.16. The molecule has 0 atom stereocenters. The van der Waals surface area contributed by atoms with E-state index in [0.717, 1.165) is 16.7 Å². The summed E-state index contributed by atoms with van der Waals surface area (Å²) in [5.41, 5.74) is 1.70. The highest BCUT2D eigenvalue weighted by molar-refractivity contribution is 5.92. The highest BCUT2D eigenvalue weighted by Crippen LogP contribution is 2.40. The summed E-state index contributed by atoms with van der Waals surface area (Å²) in [6, 6.07) is 14.4. The molecule has 1 aliphatic heterocycles. The molecule has 0 aliphatic carbocycles. The average Bonchev–Trinajstić information content (AvgIpc) is 2.97. The van der Waals surface area contributed by atoms with Crippen molar-refractivity contribution < 1.29 is 36.6 Å². The Labute approximate surface area is 253 Å². The van der Waals surface area contributed by atoms with E-state index in [0.29, 0.717) is 26.3 Å². The van der Waals surface area contributed by atoms with E-state index in [-0.39, 0.29) is 45.6 Å². The van der Waals surface area contributed by atoms with E-state index in [1.165, 1.54) is 18.2 Å². The van der Waals surface area contributed by atoms with Crippen LogP contribution in [-0.4, -0.2) is 37.2 Å². The number of halogens is 3. The van der Waals surface area contributed by atoms with Gasteiger partial charge in [-0.2, -0.15) is 13.2 Å². The Morgan fingerprint density at radius 3 is 2.23 bits per heavy atom. The van der Waals surface area contributed by atoms with Crippen molar-refractivity contribution >= 4 is 16.9 Å². The minimum Gasteiger partial charge on any atom is -0.449 e. The zero-order chi connectivity index (χ0) is 31.8. The van der Waals surface area contributed by atoms with Gasteiger partial charge in [0.15, 0.2) is 0 Å². The van der Waals surface area contributed by atoms with Gasteiger partial charge in [-0.15, -0.1) is 0 Å². The van der Waals surface area contributed by atoms with Gasteiger partial charge in [-0.05, 0) is 72.4 Å². The molecule has 0 radical (unpaired) electrons. The molecule has 2 heterocycles. The number of alkyl halides is 3. The molecule has 0 unspecified atom stereocenters. The normalized spacial score (nSPS) is 14.5. The minimum atomic E-state index is -5.06. The third-order valence-electron chi connectivity index (χ3n) is 7.71. The van der Waals surface area contributed by atoms with Gasteiger partial charge in [-0.1, -0.05) is 39.0 Å². The Morgan fingerprint density at radius 2 is 1.61 bits per heavy atom. The first kappa shape index (κ1) is 31.3. The molecule has 0 bridgehead atoms. The second-order valence-corrected chi connectivity index (χ2v) is 12.0. The minimum absolute atomic E-state index is 0.00649. The molecule has 232 valence electrons. The van der Waals surface area contributed by atoms with E-state index in [9.17, 15) is 22.8 Å². The smallest absolute Gasteiger partial charge is 0.449 e. The van der Waals surface area contributed by atoms with E-state index in [2.05, 4.69) is 20.8 Å². The summed E-state index contributed by atoms with van der Waals surface area (Å²) in [5, 5.41) is -0.130. The van der Waals surface area contributed by atoms with Crippen molar-refractivity contribution in [2.75, 3.05) is 26.3 Å². The van der Waals surface area contributed by atoms with Crippen LogP contribution in [0.4, 0.5) is 13.2 Å². The lowest BCUT2D eigenvalue weighted by atomic mass is 9.87. The van der Waals surface area contributed by atoms with Crippen LogP contribution in [0, 0.1) is 13.8 Å². The molecule has 1 aliphatic rings. The van der Waals surface area contributed by atoms with Crippen molar-refractivity contribution in [2.45, 2.75) is 52.8 Å². The van der Waals surface area contributed by atoms with Crippen LogP contribution in [0.25, 0.3) is 11.0 Å². The fourth-order valence-electron chi connectivity index (χ4n) is 4.95. The Hall–Kier alpha value is -4.15. The topological polar surface area (TPSA) is 78.2 Å². The molecular formula is C34H34F3NO6. The van der Waals surface area contributed by atoms with Crippen LogP contribution in [0.2, 0.25) is 0 Å². The molecule has 1 saturated heterocycles. The predicted molar refractivity (Wildman–Crippen MR) is 160 cm³/mol. The molecule has 0 N–H and O–H groups in total. The third-order valence-corrected chi connectivity index (χ3v) is 7.71. The number of esters is 1. The van der Waals surface area contributed by atoms with Crippen molar-refractivity contribution in [1.29, 1.82) is 0 Å². The summed E-state index contributed by atoms with van der Waals surface area (Å²) in [7, 11) is 0. The van der Waals surface area contributed by atoms with Crippen LogP contribution in [0.5, 0.6) is 17.2 Å². The SMILES string of the molecule is Cc1ccc(Oc2c(C(F)(F)F)oc3c(CN4CCOCC4)c(OC(=O)c4ccc(C(C)(C)C)cc4)ccc3c2=O)cc1C. The Kier molecular flexibility index (Phi) is 8.59. The van der Waals surface area contributed by atoms with Gasteiger partial charge in [0.2, 0.25) is 11.2 Å².